The van der Waals surface area contributed by atoms with E-state index in [1.54, 1.807) is 0 Å². The Bertz CT molecular complexity index is 1120. The highest BCUT2D eigenvalue weighted by Gasteiger charge is 2.36. The number of likely N-dealkylation sites (tertiary alicyclic amines) is 1. The fraction of sp³-hybridized carbons (Fsp3) is 0.923. The van der Waals surface area contributed by atoms with Crippen LogP contribution in [0.15, 0.2) is 0 Å². The van der Waals surface area contributed by atoms with Gasteiger partial charge in [-0.2, -0.15) is 0 Å². The molecule has 354 valence electrons. The maximum atomic E-state index is 12.8. The zero-order valence-electron chi connectivity index (χ0n) is 36.1. The van der Waals surface area contributed by atoms with Crippen LogP contribution in [0.4, 0.5) is 0 Å². The van der Waals surface area contributed by atoms with Crippen LogP contribution in [0, 0.1) is 0 Å². The lowest BCUT2D eigenvalue weighted by Gasteiger charge is -2.34. The summed E-state index contributed by atoms with van der Waals surface area (Å²) >= 11 is 0. The number of carbonyl (C=O) groups is 3. The Balaban J connectivity index is 2.56. The van der Waals surface area contributed by atoms with Gasteiger partial charge in [0.15, 0.2) is 0 Å². The van der Waals surface area contributed by atoms with Crippen LogP contribution in [-0.2, 0) is 42.4 Å². The van der Waals surface area contributed by atoms with Gasteiger partial charge in [-0.3, -0.25) is 18.9 Å². The van der Waals surface area contributed by atoms with E-state index in [0.29, 0.717) is 78.2 Å². The van der Waals surface area contributed by atoms with Crippen LogP contribution in [0.5, 0.6) is 0 Å². The smallest absolute Gasteiger partial charge is 0.391 e. The molecule has 60 heavy (non-hydrogen) atoms. The number of β-amino-alcohol motifs (C(OH)–C–C–N with tert-alkyl or cyclic N) is 1. The number of rotatable bonds is 42. The van der Waals surface area contributed by atoms with Crippen LogP contribution in [0.25, 0.3) is 0 Å². The van der Waals surface area contributed by atoms with Crippen molar-refractivity contribution in [3.63, 3.8) is 0 Å². The highest BCUT2D eigenvalue weighted by atomic mass is 31.2. The van der Waals surface area contributed by atoms with Gasteiger partial charge in [-0.15, -0.1) is 4.67 Å². The van der Waals surface area contributed by atoms with Gasteiger partial charge in [-0.1, -0.05) is 44.9 Å². The summed E-state index contributed by atoms with van der Waals surface area (Å²) < 4.78 is 37.9. The summed E-state index contributed by atoms with van der Waals surface area (Å²) in [6, 6.07) is -0.568. The molecule has 13 N–H and O–H groups in total. The number of phosphoric ester groups is 1. The summed E-state index contributed by atoms with van der Waals surface area (Å²) in [5, 5.41) is 31.2. The average Bonchev–Trinajstić information content (AvgIpc) is 3.62. The molecule has 0 saturated carbocycles. The predicted octanol–water partition coefficient (Wildman–Crippen LogP) is 0.873. The van der Waals surface area contributed by atoms with Crippen molar-refractivity contribution < 1.29 is 57.6 Å². The number of hydrogen-bond donors (Lipinski definition) is 10. The predicted molar refractivity (Wildman–Crippen MR) is 229 cm³/mol. The first-order chi connectivity index (χ1) is 29.0. The lowest BCUT2D eigenvalue weighted by atomic mass is 10.0. The standard InChI is InChI=1S/C39H81N8O12P/c40-17-10-20-43-21-13-25-55-31-39(32-56-26-15-36(49)44-22-11-18-41,33-57-27-16-37(50)45-23-12-19-42)46-24-9-7-5-3-1-2-4-6-8-14-38(51)47-29-35(48)28-34(47)30-58-60(53,54)59-52/h34-35,43,46,48,52H,1-33,40-42H2,(H,44,49)(H,45,50)(H,53,54). The molecule has 3 amide bonds. The second-order valence-electron chi connectivity index (χ2n) is 15.5. The van der Waals surface area contributed by atoms with Crippen molar-refractivity contribution >= 4 is 25.5 Å². The Morgan fingerprint density at radius 3 is 1.72 bits per heavy atom. The molecule has 1 saturated heterocycles. The Labute approximate surface area is 357 Å². The number of amides is 3. The first-order valence-corrected chi connectivity index (χ1v) is 23.6. The Morgan fingerprint density at radius 1 is 0.667 bits per heavy atom. The number of nitrogens with zero attached hydrogens (tertiary/aromatic N) is 1. The van der Waals surface area contributed by atoms with Crippen LogP contribution < -0.4 is 38.5 Å². The Hall–Kier alpha value is -1.88. The molecule has 1 aliphatic heterocycles. The molecule has 21 heteroatoms. The number of aliphatic hydroxyl groups is 1. The van der Waals surface area contributed by atoms with Crippen molar-refractivity contribution in [3.8, 4) is 0 Å². The topological polar surface area (TPSA) is 305 Å². The molecule has 1 aliphatic rings. The van der Waals surface area contributed by atoms with E-state index in [2.05, 4.69) is 25.9 Å². The van der Waals surface area contributed by atoms with Gasteiger partial charge < -0.3 is 67.6 Å². The second-order valence-corrected chi connectivity index (χ2v) is 16.8. The van der Waals surface area contributed by atoms with E-state index in [0.717, 1.165) is 77.3 Å². The number of phosphoric acid groups is 1. The highest BCUT2D eigenvalue weighted by molar-refractivity contribution is 7.47. The third-order valence-electron chi connectivity index (χ3n) is 10.0. The molecule has 0 aromatic heterocycles. The van der Waals surface area contributed by atoms with E-state index in [1.165, 1.54) is 4.90 Å². The summed E-state index contributed by atoms with van der Waals surface area (Å²) in [5.41, 5.74) is 16.0. The van der Waals surface area contributed by atoms with Crippen molar-refractivity contribution in [2.24, 2.45) is 17.2 Å². The van der Waals surface area contributed by atoms with Crippen molar-refractivity contribution in [1.29, 1.82) is 0 Å². The molecular weight excluding hydrogens is 803 g/mol. The van der Waals surface area contributed by atoms with Gasteiger partial charge >= 0.3 is 7.82 Å². The molecule has 3 unspecified atom stereocenters. The molecule has 1 fully saturated rings. The maximum Gasteiger partial charge on any atom is 0.499 e. The lowest BCUT2D eigenvalue weighted by molar-refractivity contribution is -0.163. The average molecular weight is 885 g/mol. The van der Waals surface area contributed by atoms with Gasteiger partial charge in [0.25, 0.3) is 0 Å². The monoisotopic (exact) mass is 885 g/mol. The summed E-state index contributed by atoms with van der Waals surface area (Å²) in [4.78, 5) is 48.1. The fourth-order valence-electron chi connectivity index (χ4n) is 6.59. The number of ether oxygens (including phenoxy) is 3. The summed E-state index contributed by atoms with van der Waals surface area (Å²) in [6.07, 6.45) is 12.3. The van der Waals surface area contributed by atoms with E-state index in [4.69, 9.17) is 41.2 Å². The summed E-state index contributed by atoms with van der Waals surface area (Å²) in [7, 11) is -4.60. The molecule has 3 atom stereocenters. The minimum absolute atomic E-state index is 0.0942. The molecule has 0 aliphatic carbocycles. The van der Waals surface area contributed by atoms with Gasteiger partial charge in [0.2, 0.25) is 17.7 Å². The molecular formula is C39H81N8O12P. The van der Waals surface area contributed by atoms with Gasteiger partial charge in [-0.05, 0) is 84.2 Å². The van der Waals surface area contributed by atoms with Crippen molar-refractivity contribution in [2.45, 2.75) is 127 Å². The van der Waals surface area contributed by atoms with Gasteiger partial charge in [0.1, 0.15) is 0 Å². The maximum absolute atomic E-state index is 12.8. The van der Waals surface area contributed by atoms with Crippen molar-refractivity contribution in [3.05, 3.63) is 0 Å². The van der Waals surface area contributed by atoms with Crippen LogP contribution in [0.1, 0.15) is 109 Å². The Morgan fingerprint density at radius 2 is 1.17 bits per heavy atom. The van der Waals surface area contributed by atoms with E-state index in [-0.39, 0.29) is 76.6 Å². The molecule has 0 aromatic carbocycles. The first kappa shape index (κ1) is 56.1. The largest absolute Gasteiger partial charge is 0.499 e. The third kappa shape index (κ3) is 29.4. The van der Waals surface area contributed by atoms with Gasteiger partial charge in [-0.25, -0.2) is 9.82 Å². The zero-order valence-corrected chi connectivity index (χ0v) is 37.0. The summed E-state index contributed by atoms with van der Waals surface area (Å²) in [6.45, 7) is 6.77. The SMILES string of the molecule is NCCCNCCCOCC(COCCC(=O)NCCCN)(COCCC(=O)NCCCN)NCCCCCCCCCCCC(=O)N1CC(O)CC1COP(=O)(O)OO. The number of nitrogens with two attached hydrogens (primary N) is 3. The van der Waals surface area contributed by atoms with Crippen LogP contribution in [0.2, 0.25) is 0 Å². The fourth-order valence-corrected chi connectivity index (χ4v) is 7.00. The first-order valence-electron chi connectivity index (χ1n) is 22.1. The van der Waals surface area contributed by atoms with Crippen LogP contribution in [-0.4, -0.2) is 161 Å². The summed E-state index contributed by atoms with van der Waals surface area (Å²) in [5.74, 6) is -0.332. The van der Waals surface area contributed by atoms with Crippen LogP contribution >= 0.6 is 7.82 Å². The molecule has 20 nitrogen and oxygen atoms in total. The Kier molecular flexibility index (Phi) is 34.2. The normalized spacial score (nSPS) is 16.6. The molecule has 0 radical (unpaired) electrons. The molecule has 1 heterocycles. The number of unbranched alkanes of at least 4 members (excludes halogenated alkanes) is 8. The van der Waals surface area contributed by atoms with E-state index in [1.807, 2.05) is 0 Å². The number of carbonyl (C=O) groups excluding carboxylic acids is 3. The molecule has 1 rings (SSSR count). The molecule has 0 bridgehead atoms. The number of aliphatic hydroxyl groups excluding tert-OH is 1. The number of hydrogen-bond acceptors (Lipinski definition) is 16. The third-order valence-corrected chi connectivity index (χ3v) is 10.7. The minimum atomic E-state index is -4.60. The van der Waals surface area contributed by atoms with E-state index < -0.39 is 25.5 Å². The molecule has 0 aromatic rings. The van der Waals surface area contributed by atoms with Crippen LogP contribution in [0.3, 0.4) is 0 Å². The quantitative estimate of drug-likeness (QED) is 0.0176. The zero-order chi connectivity index (χ0) is 44.2. The van der Waals surface area contributed by atoms with E-state index >= 15 is 0 Å². The highest BCUT2D eigenvalue weighted by Crippen LogP contribution is 2.42. The van der Waals surface area contributed by atoms with Crippen molar-refractivity contribution in [1.82, 2.24) is 26.2 Å². The lowest BCUT2D eigenvalue weighted by Crippen LogP contribution is -2.57. The van der Waals surface area contributed by atoms with Gasteiger partial charge in [0, 0.05) is 45.5 Å². The minimum Gasteiger partial charge on any atom is -0.391 e. The van der Waals surface area contributed by atoms with E-state index in [9.17, 15) is 28.9 Å². The van der Waals surface area contributed by atoms with Gasteiger partial charge in [0.05, 0.1) is 57.3 Å². The second kappa shape index (κ2) is 36.6. The molecule has 0 spiro atoms. The van der Waals surface area contributed by atoms with Crippen molar-refractivity contribution in [2.75, 3.05) is 105 Å². The number of nitrogens with one attached hydrogen (secondary N) is 4.